The van der Waals surface area contributed by atoms with Crippen molar-refractivity contribution in [1.29, 1.82) is 5.26 Å². The van der Waals surface area contributed by atoms with Crippen LogP contribution in [0.4, 0.5) is 0 Å². The summed E-state index contributed by atoms with van der Waals surface area (Å²) < 4.78 is 18.0. The van der Waals surface area contributed by atoms with Gasteiger partial charge in [-0.15, -0.1) is 0 Å². The summed E-state index contributed by atoms with van der Waals surface area (Å²) in [5, 5.41) is 21.7. The van der Waals surface area contributed by atoms with Gasteiger partial charge in [0.15, 0.2) is 16.7 Å². The molecule has 0 atom stereocenters. The number of para-hydroxylation sites is 1. The Morgan fingerprint density at radius 2 is 1.97 bits per heavy atom. The van der Waals surface area contributed by atoms with E-state index in [1.165, 1.54) is 11.6 Å². The number of hydrogen-bond acceptors (Lipinski definition) is 8. The van der Waals surface area contributed by atoms with Gasteiger partial charge in [0, 0.05) is 0 Å². The van der Waals surface area contributed by atoms with E-state index in [1.54, 1.807) is 18.2 Å². The molecule has 0 saturated heterocycles. The highest BCUT2D eigenvalue weighted by Gasteiger charge is 2.25. The van der Waals surface area contributed by atoms with Crippen LogP contribution in [0.2, 0.25) is 0 Å². The quantitative estimate of drug-likeness (QED) is 0.356. The number of nitrogens with zero attached hydrogens (tertiary/aromatic N) is 4. The van der Waals surface area contributed by atoms with E-state index in [9.17, 15) is 10.1 Å². The second-order valence-corrected chi connectivity index (χ2v) is 7.34. The number of nitriles is 1. The number of ether oxygens (including phenoxy) is 2. The fraction of sp³-hybridized carbons (Fsp3) is 0.167. The van der Waals surface area contributed by atoms with Crippen LogP contribution >= 0.6 is 0 Å². The maximum atomic E-state index is 13.7. The van der Waals surface area contributed by atoms with Crippen LogP contribution in [0.5, 0.6) is 5.75 Å². The number of aromatic nitrogens is 4. The largest absolute Gasteiger partial charge is 0.494 e. The molecule has 10 heteroatoms. The van der Waals surface area contributed by atoms with Crippen LogP contribution in [0.15, 0.2) is 57.7 Å². The second kappa shape index (κ2) is 8.82. The zero-order valence-corrected chi connectivity index (χ0v) is 18.1. The SMILES string of the molecule is COc1cccc2oc(-c3c(COCCO)nc4c(-c5ccccc5)c(C#N)[nH]n4c3=O)nc12. The topological polar surface area (TPSA) is 139 Å². The Hall–Kier alpha value is -4.46. The van der Waals surface area contributed by atoms with Gasteiger partial charge in [0.1, 0.15) is 23.1 Å². The molecule has 0 amide bonds. The molecule has 34 heavy (non-hydrogen) atoms. The molecule has 2 aromatic carbocycles. The van der Waals surface area contributed by atoms with Crippen molar-refractivity contribution in [3.05, 3.63) is 70.3 Å². The lowest BCUT2D eigenvalue weighted by Gasteiger charge is -2.08. The fourth-order valence-electron chi connectivity index (χ4n) is 3.82. The molecule has 0 aliphatic rings. The summed E-state index contributed by atoms with van der Waals surface area (Å²) in [4.78, 5) is 22.8. The van der Waals surface area contributed by atoms with E-state index in [1.807, 2.05) is 30.3 Å². The highest BCUT2D eigenvalue weighted by molar-refractivity contribution is 5.84. The molecule has 0 fully saturated rings. The van der Waals surface area contributed by atoms with Crippen LogP contribution in [0.1, 0.15) is 11.4 Å². The normalized spacial score (nSPS) is 11.2. The smallest absolute Gasteiger partial charge is 0.285 e. The Kier molecular flexibility index (Phi) is 5.55. The van der Waals surface area contributed by atoms with Gasteiger partial charge in [0.2, 0.25) is 5.89 Å². The number of rotatable bonds is 7. The maximum Gasteiger partial charge on any atom is 0.285 e. The van der Waals surface area contributed by atoms with Crippen LogP contribution in [0.3, 0.4) is 0 Å². The van der Waals surface area contributed by atoms with E-state index in [4.69, 9.17) is 19.0 Å². The third-order valence-corrected chi connectivity index (χ3v) is 5.32. The molecule has 0 aliphatic carbocycles. The van der Waals surface area contributed by atoms with Crippen molar-refractivity contribution in [1.82, 2.24) is 19.6 Å². The van der Waals surface area contributed by atoms with E-state index in [0.717, 1.165) is 5.56 Å². The lowest BCUT2D eigenvalue weighted by molar-refractivity contribution is 0.0799. The maximum absolute atomic E-state index is 13.7. The summed E-state index contributed by atoms with van der Waals surface area (Å²) in [6, 6.07) is 16.5. The first-order valence-electron chi connectivity index (χ1n) is 10.4. The van der Waals surface area contributed by atoms with Gasteiger partial charge in [-0.1, -0.05) is 36.4 Å². The average molecular weight is 457 g/mol. The van der Waals surface area contributed by atoms with Gasteiger partial charge in [0.05, 0.1) is 38.2 Å². The van der Waals surface area contributed by atoms with Gasteiger partial charge in [-0.25, -0.2) is 9.97 Å². The molecule has 0 radical (unpaired) electrons. The molecule has 10 nitrogen and oxygen atoms in total. The minimum Gasteiger partial charge on any atom is -0.494 e. The van der Waals surface area contributed by atoms with Gasteiger partial charge in [-0.05, 0) is 17.7 Å². The molecule has 3 heterocycles. The number of hydrogen-bond donors (Lipinski definition) is 2. The van der Waals surface area contributed by atoms with Gasteiger partial charge >= 0.3 is 0 Å². The molecule has 0 aliphatic heterocycles. The molecule has 5 aromatic rings. The number of aliphatic hydroxyl groups is 1. The predicted molar refractivity (Wildman–Crippen MR) is 122 cm³/mol. The summed E-state index contributed by atoms with van der Waals surface area (Å²) in [7, 11) is 1.52. The molecule has 3 aromatic heterocycles. The number of oxazole rings is 1. The monoisotopic (exact) mass is 457 g/mol. The molecule has 5 rings (SSSR count). The molecule has 2 N–H and O–H groups in total. The lowest BCUT2D eigenvalue weighted by atomic mass is 10.1. The predicted octanol–water partition coefficient (Wildman–Crippen LogP) is 2.89. The number of aromatic amines is 1. The number of nitrogens with one attached hydrogen (secondary N) is 1. The Bertz CT molecular complexity index is 1590. The number of H-pyrrole nitrogens is 1. The first kappa shape index (κ1) is 21.4. The fourth-order valence-corrected chi connectivity index (χ4v) is 3.82. The summed E-state index contributed by atoms with van der Waals surface area (Å²) in [6.07, 6.45) is 0. The lowest BCUT2D eigenvalue weighted by Crippen LogP contribution is -2.21. The van der Waals surface area contributed by atoms with Crippen LogP contribution in [0.25, 0.3) is 39.3 Å². The van der Waals surface area contributed by atoms with Crippen LogP contribution < -0.4 is 10.3 Å². The summed E-state index contributed by atoms with van der Waals surface area (Å²) in [6.45, 7) is -0.197. The zero-order chi connectivity index (χ0) is 23.7. The highest BCUT2D eigenvalue weighted by atomic mass is 16.5. The van der Waals surface area contributed by atoms with Gasteiger partial charge < -0.3 is 19.0 Å². The van der Waals surface area contributed by atoms with Crippen LogP contribution in [-0.4, -0.2) is 45.0 Å². The molecule has 170 valence electrons. The van der Waals surface area contributed by atoms with E-state index >= 15 is 0 Å². The van der Waals surface area contributed by atoms with Crippen molar-refractivity contribution in [2.24, 2.45) is 0 Å². The molecule has 0 bridgehead atoms. The van der Waals surface area contributed by atoms with E-state index in [2.05, 4.69) is 21.1 Å². The van der Waals surface area contributed by atoms with Crippen molar-refractivity contribution < 1.29 is 19.0 Å². The van der Waals surface area contributed by atoms with Crippen molar-refractivity contribution in [3.8, 4) is 34.4 Å². The number of aliphatic hydroxyl groups excluding tert-OH is 1. The van der Waals surface area contributed by atoms with Gasteiger partial charge in [0.25, 0.3) is 5.56 Å². The van der Waals surface area contributed by atoms with Crippen molar-refractivity contribution in [2.75, 3.05) is 20.3 Å². The average Bonchev–Trinajstić information content (AvgIpc) is 3.46. The standard InChI is InChI=1S/C24H19N5O5/c1-32-17-8-5-9-18-21(17)27-23(34-18)20-16(13-33-11-10-30)26-22-19(14-6-3-2-4-7-14)15(12-25)28-29(22)24(20)31/h2-9,28,30H,10-11,13H2,1H3. The molecule has 0 unspecified atom stereocenters. The van der Waals surface area contributed by atoms with Crippen molar-refractivity contribution in [3.63, 3.8) is 0 Å². The Morgan fingerprint density at radius 3 is 2.71 bits per heavy atom. The molecule has 0 saturated carbocycles. The molecule has 0 spiro atoms. The molecular formula is C24H19N5O5. The summed E-state index contributed by atoms with van der Waals surface area (Å²) in [5.41, 5.74) is 2.43. The van der Waals surface area contributed by atoms with E-state index < -0.39 is 5.56 Å². The third-order valence-electron chi connectivity index (χ3n) is 5.32. The third kappa shape index (κ3) is 3.49. The first-order chi connectivity index (χ1) is 16.7. The van der Waals surface area contributed by atoms with Gasteiger partial charge in [-0.2, -0.15) is 9.78 Å². The minimum absolute atomic E-state index is 0.0448. The van der Waals surface area contributed by atoms with E-state index in [-0.39, 0.29) is 48.3 Å². The Morgan fingerprint density at radius 1 is 1.15 bits per heavy atom. The number of benzene rings is 2. The van der Waals surface area contributed by atoms with Crippen molar-refractivity contribution >= 4 is 16.7 Å². The molecular weight excluding hydrogens is 438 g/mol. The van der Waals surface area contributed by atoms with Crippen LogP contribution in [-0.2, 0) is 11.3 Å². The summed E-state index contributed by atoms with van der Waals surface area (Å²) in [5.74, 6) is 0.543. The van der Waals surface area contributed by atoms with Crippen LogP contribution in [0, 0.1) is 11.3 Å². The number of methoxy groups -OCH3 is 1. The minimum atomic E-state index is -0.503. The Balaban J connectivity index is 1.80. The second-order valence-electron chi connectivity index (χ2n) is 7.34. The van der Waals surface area contributed by atoms with E-state index in [0.29, 0.717) is 22.4 Å². The zero-order valence-electron chi connectivity index (χ0n) is 18.1. The number of fused-ring (bicyclic) bond motifs is 2. The van der Waals surface area contributed by atoms with Gasteiger partial charge in [-0.3, -0.25) is 9.89 Å². The highest BCUT2D eigenvalue weighted by Crippen LogP contribution is 2.32. The first-order valence-corrected chi connectivity index (χ1v) is 10.4. The Labute approximate surface area is 192 Å². The van der Waals surface area contributed by atoms with Crippen molar-refractivity contribution in [2.45, 2.75) is 6.61 Å². The summed E-state index contributed by atoms with van der Waals surface area (Å²) >= 11 is 0.